The summed E-state index contributed by atoms with van der Waals surface area (Å²) in [5, 5.41) is 3.01. The maximum atomic E-state index is 12.1. The number of carbonyl (C=O) groups is 1. The largest absolute Gasteiger partial charge is 0.495 e. The zero-order valence-electron chi connectivity index (χ0n) is 13.8. The molecule has 0 saturated heterocycles. The van der Waals surface area contributed by atoms with E-state index in [-0.39, 0.29) is 6.54 Å². The summed E-state index contributed by atoms with van der Waals surface area (Å²) in [6.07, 6.45) is 1.79. The zero-order chi connectivity index (χ0) is 17.6. The van der Waals surface area contributed by atoms with Crippen LogP contribution in [-0.2, 0) is 14.8 Å². The van der Waals surface area contributed by atoms with E-state index in [1.807, 2.05) is 13.8 Å². The predicted molar refractivity (Wildman–Crippen MR) is 92.5 cm³/mol. The van der Waals surface area contributed by atoms with Gasteiger partial charge in [0, 0.05) is 12.2 Å². The van der Waals surface area contributed by atoms with Gasteiger partial charge in [-0.15, -0.1) is 0 Å². The molecule has 1 aromatic carbocycles. The molecule has 0 aromatic heterocycles. The molecule has 0 aliphatic rings. The van der Waals surface area contributed by atoms with Gasteiger partial charge in [-0.2, -0.15) is 4.31 Å². The summed E-state index contributed by atoms with van der Waals surface area (Å²) in [4.78, 5) is 12.1. The third-order valence-corrected chi connectivity index (χ3v) is 4.73. The van der Waals surface area contributed by atoms with E-state index in [1.54, 1.807) is 18.2 Å². The lowest BCUT2D eigenvalue weighted by Crippen LogP contribution is -2.38. The van der Waals surface area contributed by atoms with Crippen molar-refractivity contribution in [3.8, 4) is 5.75 Å². The second kappa shape index (κ2) is 8.52. The van der Waals surface area contributed by atoms with Gasteiger partial charge in [0.2, 0.25) is 15.9 Å². The van der Waals surface area contributed by atoms with Gasteiger partial charge in [-0.25, -0.2) is 8.42 Å². The highest BCUT2D eigenvalue weighted by molar-refractivity contribution is 7.88. The first kappa shape index (κ1) is 19.7. The monoisotopic (exact) mass is 362 g/mol. The van der Waals surface area contributed by atoms with Crippen LogP contribution in [0.4, 0.5) is 5.69 Å². The molecule has 0 spiro atoms. The Hall–Kier alpha value is -1.31. The van der Waals surface area contributed by atoms with Gasteiger partial charge in [0.05, 0.1) is 24.9 Å². The molecule has 6 nitrogen and oxygen atoms in total. The number of sulfonamides is 1. The summed E-state index contributed by atoms with van der Waals surface area (Å²) in [5.41, 5.74) is 0.484. The number of rotatable bonds is 8. The van der Waals surface area contributed by atoms with Gasteiger partial charge >= 0.3 is 0 Å². The molecule has 0 bridgehead atoms. The molecule has 1 amide bonds. The van der Waals surface area contributed by atoms with Crippen molar-refractivity contribution in [2.75, 3.05) is 31.8 Å². The number of anilines is 1. The topological polar surface area (TPSA) is 75.7 Å². The molecular weight excluding hydrogens is 340 g/mol. The van der Waals surface area contributed by atoms with Crippen molar-refractivity contribution in [2.45, 2.75) is 20.3 Å². The molecule has 1 rings (SSSR count). The fraction of sp³-hybridized carbons (Fsp3) is 0.533. The van der Waals surface area contributed by atoms with Crippen LogP contribution in [0.5, 0.6) is 5.75 Å². The highest BCUT2D eigenvalue weighted by atomic mass is 35.5. The predicted octanol–water partition coefficient (Wildman–Crippen LogP) is 2.59. The molecule has 0 fully saturated rings. The molecule has 0 aliphatic heterocycles. The summed E-state index contributed by atoms with van der Waals surface area (Å²) in [6.45, 7) is 4.09. The number of carbonyl (C=O) groups excluding carboxylic acids is 1. The minimum Gasteiger partial charge on any atom is -0.495 e. The van der Waals surface area contributed by atoms with Crippen LogP contribution in [-0.4, -0.2) is 45.1 Å². The van der Waals surface area contributed by atoms with Crippen molar-refractivity contribution >= 4 is 33.2 Å². The van der Waals surface area contributed by atoms with Crippen molar-refractivity contribution in [3.05, 3.63) is 23.2 Å². The molecule has 1 N–H and O–H groups in total. The van der Waals surface area contributed by atoms with Crippen LogP contribution in [0.2, 0.25) is 5.02 Å². The average Bonchev–Trinajstić information content (AvgIpc) is 2.42. The van der Waals surface area contributed by atoms with Crippen LogP contribution in [0.25, 0.3) is 0 Å². The van der Waals surface area contributed by atoms with Crippen LogP contribution < -0.4 is 10.1 Å². The molecule has 0 heterocycles. The Labute approximate surface area is 142 Å². The molecule has 130 valence electrons. The maximum absolute atomic E-state index is 12.1. The SMILES string of the molecule is COc1ccc(NC(=O)CN(CCC(C)C)S(C)(=O)=O)cc1Cl. The number of methoxy groups -OCH3 is 1. The highest BCUT2D eigenvalue weighted by Crippen LogP contribution is 2.27. The first-order valence-corrected chi connectivity index (χ1v) is 9.44. The van der Waals surface area contributed by atoms with E-state index in [2.05, 4.69) is 5.32 Å². The van der Waals surface area contributed by atoms with Gasteiger partial charge in [0.1, 0.15) is 5.75 Å². The number of benzene rings is 1. The van der Waals surface area contributed by atoms with Gasteiger partial charge in [0.15, 0.2) is 0 Å². The van der Waals surface area contributed by atoms with Crippen molar-refractivity contribution in [1.29, 1.82) is 0 Å². The van der Waals surface area contributed by atoms with E-state index in [9.17, 15) is 13.2 Å². The summed E-state index contributed by atoms with van der Waals surface area (Å²) >= 11 is 5.99. The number of nitrogens with zero attached hydrogens (tertiary/aromatic N) is 1. The van der Waals surface area contributed by atoms with Crippen molar-refractivity contribution in [1.82, 2.24) is 4.31 Å². The first-order valence-electron chi connectivity index (χ1n) is 7.22. The molecule has 8 heteroatoms. The lowest BCUT2D eigenvalue weighted by Gasteiger charge is -2.20. The summed E-state index contributed by atoms with van der Waals surface area (Å²) in [6, 6.07) is 4.82. The quantitative estimate of drug-likeness (QED) is 0.771. The molecule has 0 aliphatic carbocycles. The van der Waals surface area contributed by atoms with Crippen molar-refractivity contribution < 1.29 is 17.9 Å². The Morgan fingerprint density at radius 3 is 2.52 bits per heavy atom. The fourth-order valence-electron chi connectivity index (χ4n) is 1.87. The highest BCUT2D eigenvalue weighted by Gasteiger charge is 2.20. The number of halogens is 1. The van der Waals surface area contributed by atoms with Gasteiger partial charge in [-0.05, 0) is 30.5 Å². The van der Waals surface area contributed by atoms with E-state index >= 15 is 0 Å². The second-order valence-electron chi connectivity index (χ2n) is 5.68. The molecular formula is C15H23ClN2O4S. The van der Waals surface area contributed by atoms with E-state index in [4.69, 9.17) is 16.3 Å². The van der Waals surface area contributed by atoms with Crippen molar-refractivity contribution in [2.24, 2.45) is 5.92 Å². The first-order chi connectivity index (χ1) is 10.6. The third kappa shape index (κ3) is 6.76. The Morgan fingerprint density at radius 1 is 1.39 bits per heavy atom. The number of amides is 1. The maximum Gasteiger partial charge on any atom is 0.239 e. The normalized spacial score (nSPS) is 11.8. The van der Waals surface area contributed by atoms with Gasteiger partial charge < -0.3 is 10.1 Å². The lowest BCUT2D eigenvalue weighted by atomic mass is 10.1. The summed E-state index contributed by atoms with van der Waals surface area (Å²) in [5.74, 6) is 0.433. The molecule has 0 radical (unpaired) electrons. The Bertz CT molecular complexity index is 647. The zero-order valence-corrected chi connectivity index (χ0v) is 15.4. The Morgan fingerprint density at radius 2 is 2.04 bits per heavy atom. The summed E-state index contributed by atoms with van der Waals surface area (Å²) in [7, 11) is -1.94. The van der Waals surface area contributed by atoms with Crippen LogP contribution >= 0.6 is 11.6 Å². The minimum absolute atomic E-state index is 0.227. The van der Waals surface area contributed by atoms with Crippen LogP contribution in [0, 0.1) is 5.92 Å². The van der Waals surface area contributed by atoms with Crippen LogP contribution in [0.15, 0.2) is 18.2 Å². The summed E-state index contributed by atoms with van der Waals surface area (Å²) < 4.78 is 29.8. The molecule has 0 saturated carbocycles. The van der Waals surface area contributed by atoms with Crippen LogP contribution in [0.1, 0.15) is 20.3 Å². The number of ether oxygens (including phenoxy) is 1. The number of hydrogen-bond acceptors (Lipinski definition) is 4. The molecule has 23 heavy (non-hydrogen) atoms. The number of hydrogen-bond donors (Lipinski definition) is 1. The second-order valence-corrected chi connectivity index (χ2v) is 8.07. The fourth-order valence-corrected chi connectivity index (χ4v) is 2.92. The standard InChI is InChI=1S/C15H23ClN2O4S/c1-11(2)7-8-18(23(4,20)21)10-15(19)17-12-5-6-14(22-3)13(16)9-12/h5-6,9,11H,7-8,10H2,1-4H3,(H,17,19). The van der Waals surface area contributed by atoms with Gasteiger partial charge in [-0.3, -0.25) is 4.79 Å². The smallest absolute Gasteiger partial charge is 0.239 e. The Balaban J connectivity index is 2.74. The molecule has 0 unspecified atom stereocenters. The number of nitrogens with one attached hydrogen (secondary N) is 1. The van der Waals surface area contributed by atoms with E-state index in [0.29, 0.717) is 35.3 Å². The minimum atomic E-state index is -3.44. The van der Waals surface area contributed by atoms with Crippen molar-refractivity contribution in [3.63, 3.8) is 0 Å². The van der Waals surface area contributed by atoms with Crippen LogP contribution in [0.3, 0.4) is 0 Å². The molecule has 0 atom stereocenters. The van der Waals surface area contributed by atoms with E-state index < -0.39 is 15.9 Å². The lowest BCUT2D eigenvalue weighted by molar-refractivity contribution is -0.116. The molecule has 1 aromatic rings. The average molecular weight is 363 g/mol. The van der Waals surface area contributed by atoms with E-state index in [0.717, 1.165) is 6.26 Å². The van der Waals surface area contributed by atoms with Gasteiger partial charge in [0.25, 0.3) is 0 Å². The third-order valence-electron chi connectivity index (χ3n) is 3.18. The van der Waals surface area contributed by atoms with Gasteiger partial charge in [-0.1, -0.05) is 25.4 Å². The van der Waals surface area contributed by atoms with E-state index in [1.165, 1.54) is 11.4 Å². The Kier molecular flexibility index (Phi) is 7.31.